The monoisotopic (exact) mass is 331 g/mol. The van der Waals surface area contributed by atoms with Crippen molar-refractivity contribution in [1.29, 1.82) is 0 Å². The summed E-state index contributed by atoms with van der Waals surface area (Å²) in [7, 11) is 0. The number of carboxylic acids is 1. The van der Waals surface area contributed by atoms with Gasteiger partial charge in [0.25, 0.3) is 0 Å². The van der Waals surface area contributed by atoms with Crippen LogP contribution in [0.3, 0.4) is 0 Å². The molecule has 106 valence electrons. The number of carboxylic acid groups (broad SMARTS) is 1. The van der Waals surface area contributed by atoms with E-state index in [0.29, 0.717) is 10.9 Å². The van der Waals surface area contributed by atoms with Crippen LogP contribution in [0.25, 0.3) is 0 Å². The van der Waals surface area contributed by atoms with Crippen molar-refractivity contribution in [3.8, 4) is 0 Å². The maximum Gasteiger partial charge on any atom is 0.303 e. The van der Waals surface area contributed by atoms with Gasteiger partial charge >= 0.3 is 5.97 Å². The van der Waals surface area contributed by atoms with Crippen LogP contribution < -0.4 is 5.32 Å². The van der Waals surface area contributed by atoms with E-state index in [1.807, 2.05) is 0 Å². The average molecular weight is 332 g/mol. The molecule has 0 heterocycles. The number of unbranched alkanes of at least 4 members (excludes halogenated alkanes) is 2. The van der Waals surface area contributed by atoms with Crippen molar-refractivity contribution in [2.45, 2.75) is 25.7 Å². The minimum atomic E-state index is -0.750. The third-order valence-corrected chi connectivity index (χ3v) is 2.92. The minimum Gasteiger partial charge on any atom is -0.481 e. The second-order valence-electron chi connectivity index (χ2n) is 3.76. The minimum absolute atomic E-state index is 0.224. The van der Waals surface area contributed by atoms with E-state index >= 15 is 0 Å². The molecule has 2 N–H and O–H groups in total. The van der Waals surface area contributed by atoms with Crippen molar-refractivity contribution in [2.24, 2.45) is 0 Å². The van der Waals surface area contributed by atoms with Gasteiger partial charge < -0.3 is 10.4 Å². The molecule has 0 radical (unpaired) electrons. The maximum atomic E-state index is 12.9. The van der Waals surface area contributed by atoms with Gasteiger partial charge in [-0.15, -0.1) is 13.2 Å². The molecule has 5 heteroatoms. The smallest absolute Gasteiger partial charge is 0.303 e. The van der Waals surface area contributed by atoms with Gasteiger partial charge in [-0.05, 0) is 47.0 Å². The van der Waals surface area contributed by atoms with Crippen LogP contribution in [0.4, 0.5) is 10.1 Å². The standard InChI is InChI=1S/C12H15BrFNO2.C2H4/c13-10-8-9(5-6-11(10)14)15-7-3-1-2-4-12(16)17;1-2/h5-6,8,15H,1-4,7H2,(H,16,17);1-2H2. The zero-order chi connectivity index (χ0) is 14.7. The van der Waals surface area contributed by atoms with Crippen LogP contribution in [0.1, 0.15) is 25.7 Å². The molecule has 1 aromatic rings. The zero-order valence-electron chi connectivity index (χ0n) is 10.8. The molecule has 0 saturated heterocycles. The predicted octanol–water partition coefficient (Wildman–Crippen LogP) is 4.45. The van der Waals surface area contributed by atoms with E-state index in [2.05, 4.69) is 34.4 Å². The Morgan fingerprint density at radius 2 is 2.00 bits per heavy atom. The first-order valence-electron chi connectivity index (χ1n) is 6.00. The molecule has 0 spiro atoms. The summed E-state index contributed by atoms with van der Waals surface area (Å²) in [6.07, 6.45) is 2.70. The molecule has 0 aliphatic carbocycles. The number of aliphatic carboxylic acids is 1. The molecule has 0 fully saturated rings. The van der Waals surface area contributed by atoms with Gasteiger partial charge in [-0.2, -0.15) is 0 Å². The first-order valence-corrected chi connectivity index (χ1v) is 6.79. The number of carbonyl (C=O) groups is 1. The largest absolute Gasteiger partial charge is 0.481 e. The van der Waals surface area contributed by atoms with Crippen LogP contribution in [0.15, 0.2) is 35.8 Å². The van der Waals surface area contributed by atoms with E-state index in [1.54, 1.807) is 12.1 Å². The fourth-order valence-corrected chi connectivity index (χ4v) is 1.80. The molecule has 1 aromatic carbocycles. The Bertz CT molecular complexity index is 399. The van der Waals surface area contributed by atoms with Gasteiger partial charge in [0, 0.05) is 18.7 Å². The van der Waals surface area contributed by atoms with Crippen LogP contribution in [-0.2, 0) is 4.79 Å². The van der Waals surface area contributed by atoms with Crippen LogP contribution >= 0.6 is 15.9 Å². The van der Waals surface area contributed by atoms with Crippen LogP contribution in [0, 0.1) is 5.82 Å². The fourth-order valence-electron chi connectivity index (χ4n) is 1.42. The summed E-state index contributed by atoms with van der Waals surface area (Å²) in [4.78, 5) is 10.3. The van der Waals surface area contributed by atoms with Gasteiger partial charge in [0.2, 0.25) is 0 Å². The van der Waals surface area contributed by atoms with Crippen LogP contribution in [0.2, 0.25) is 0 Å². The van der Waals surface area contributed by atoms with E-state index < -0.39 is 5.97 Å². The Labute approximate surface area is 121 Å². The fraction of sp³-hybridized carbons (Fsp3) is 0.357. The molecule has 0 atom stereocenters. The van der Waals surface area contributed by atoms with E-state index in [9.17, 15) is 9.18 Å². The molecule has 0 unspecified atom stereocenters. The summed E-state index contributed by atoms with van der Waals surface area (Å²) in [6, 6.07) is 4.76. The highest BCUT2D eigenvalue weighted by Crippen LogP contribution is 2.19. The first kappa shape index (κ1) is 17.6. The number of hydrogen-bond acceptors (Lipinski definition) is 2. The van der Waals surface area contributed by atoms with Gasteiger partial charge in [-0.25, -0.2) is 4.39 Å². The number of halogens is 2. The Kier molecular flexibility index (Phi) is 9.80. The number of benzene rings is 1. The lowest BCUT2D eigenvalue weighted by Gasteiger charge is -2.06. The molecular formula is C14H19BrFNO2. The predicted molar refractivity (Wildman–Crippen MR) is 79.9 cm³/mol. The second-order valence-corrected chi connectivity index (χ2v) is 4.61. The van der Waals surface area contributed by atoms with E-state index in [1.165, 1.54) is 6.07 Å². The molecule has 0 bridgehead atoms. The molecule has 19 heavy (non-hydrogen) atoms. The Balaban J connectivity index is 0.00000154. The molecule has 0 aliphatic heterocycles. The van der Waals surface area contributed by atoms with Crippen molar-refractivity contribution in [2.75, 3.05) is 11.9 Å². The van der Waals surface area contributed by atoms with E-state index in [-0.39, 0.29) is 12.2 Å². The summed E-state index contributed by atoms with van der Waals surface area (Å²) in [5.41, 5.74) is 0.858. The van der Waals surface area contributed by atoms with Crippen molar-refractivity contribution < 1.29 is 14.3 Å². The van der Waals surface area contributed by atoms with Crippen molar-refractivity contribution in [3.63, 3.8) is 0 Å². The van der Waals surface area contributed by atoms with E-state index in [4.69, 9.17) is 5.11 Å². The summed E-state index contributed by atoms with van der Waals surface area (Å²) < 4.78 is 13.4. The second kappa shape index (κ2) is 10.6. The molecule has 0 amide bonds. The quantitative estimate of drug-likeness (QED) is 0.573. The lowest BCUT2D eigenvalue weighted by molar-refractivity contribution is -0.137. The highest BCUT2D eigenvalue weighted by atomic mass is 79.9. The molecule has 1 rings (SSSR count). The maximum absolute atomic E-state index is 12.9. The number of nitrogens with one attached hydrogen (secondary N) is 1. The Hall–Kier alpha value is -1.36. The molecule has 0 saturated carbocycles. The lowest BCUT2D eigenvalue weighted by atomic mass is 10.2. The zero-order valence-corrected chi connectivity index (χ0v) is 12.4. The Morgan fingerprint density at radius 3 is 2.58 bits per heavy atom. The SMILES string of the molecule is C=C.O=C(O)CCCCCNc1ccc(F)c(Br)c1. The Morgan fingerprint density at radius 1 is 1.32 bits per heavy atom. The number of rotatable bonds is 7. The summed E-state index contributed by atoms with van der Waals surface area (Å²) >= 11 is 3.12. The van der Waals surface area contributed by atoms with Crippen molar-refractivity contribution in [3.05, 3.63) is 41.6 Å². The topological polar surface area (TPSA) is 49.3 Å². The molecular weight excluding hydrogens is 313 g/mol. The summed E-state index contributed by atoms with van der Waals surface area (Å²) in [5, 5.41) is 11.6. The lowest BCUT2D eigenvalue weighted by Crippen LogP contribution is -2.02. The van der Waals surface area contributed by atoms with E-state index in [0.717, 1.165) is 25.1 Å². The number of anilines is 1. The van der Waals surface area contributed by atoms with Gasteiger partial charge in [0.15, 0.2) is 0 Å². The van der Waals surface area contributed by atoms with Gasteiger partial charge in [0.1, 0.15) is 5.82 Å². The number of hydrogen-bond donors (Lipinski definition) is 2. The molecule has 0 aromatic heterocycles. The summed E-state index contributed by atoms with van der Waals surface area (Å²) in [6.45, 7) is 6.76. The van der Waals surface area contributed by atoms with Crippen molar-refractivity contribution in [1.82, 2.24) is 0 Å². The molecule has 3 nitrogen and oxygen atoms in total. The van der Waals surface area contributed by atoms with Crippen molar-refractivity contribution >= 4 is 27.6 Å². The molecule has 0 aliphatic rings. The van der Waals surface area contributed by atoms with Gasteiger partial charge in [-0.1, -0.05) is 6.42 Å². The van der Waals surface area contributed by atoms with Crippen LogP contribution in [-0.4, -0.2) is 17.6 Å². The van der Waals surface area contributed by atoms with Crippen LogP contribution in [0.5, 0.6) is 0 Å². The normalized spacial score (nSPS) is 9.37. The highest BCUT2D eigenvalue weighted by molar-refractivity contribution is 9.10. The highest BCUT2D eigenvalue weighted by Gasteiger charge is 2.00. The van der Waals surface area contributed by atoms with Gasteiger partial charge in [0.05, 0.1) is 4.47 Å². The summed E-state index contributed by atoms with van der Waals surface area (Å²) in [5.74, 6) is -1.03. The third kappa shape index (κ3) is 8.37. The third-order valence-electron chi connectivity index (χ3n) is 2.32. The first-order chi connectivity index (χ1) is 9.09. The average Bonchev–Trinajstić information content (AvgIpc) is 2.40. The van der Waals surface area contributed by atoms with Gasteiger partial charge in [-0.3, -0.25) is 4.79 Å².